The lowest BCUT2D eigenvalue weighted by Crippen LogP contribution is -2.58. The van der Waals surface area contributed by atoms with Gasteiger partial charge in [-0.1, -0.05) is 6.07 Å². The Hall–Kier alpha value is -1.66. The van der Waals surface area contributed by atoms with Gasteiger partial charge in [-0.2, -0.15) is 0 Å². The van der Waals surface area contributed by atoms with Crippen molar-refractivity contribution in [1.82, 2.24) is 4.90 Å². The predicted octanol–water partition coefficient (Wildman–Crippen LogP) is 0.974. The van der Waals surface area contributed by atoms with E-state index in [1.165, 1.54) is 6.07 Å². The third-order valence-electron chi connectivity index (χ3n) is 4.18. The maximum Gasteiger partial charge on any atom is 0.307 e. The fourth-order valence-electron chi connectivity index (χ4n) is 3.02. The quantitative estimate of drug-likeness (QED) is 0.900. The molecule has 1 N–H and O–H groups in total. The number of ether oxygens (including phenoxy) is 1. The van der Waals surface area contributed by atoms with Crippen molar-refractivity contribution in [3.63, 3.8) is 0 Å². The van der Waals surface area contributed by atoms with Gasteiger partial charge in [0, 0.05) is 31.9 Å². The molecule has 2 aliphatic heterocycles. The Kier molecular flexibility index (Phi) is 4.07. The molecular formula is C15H19FN2O3. The van der Waals surface area contributed by atoms with Crippen LogP contribution in [0, 0.1) is 5.82 Å². The Morgan fingerprint density at radius 3 is 3.00 bits per heavy atom. The standard InChI is InChI=1S/C15H19FN2O3/c16-14-8-12(2-1-11(14)7-15(19)20)18-4-3-17-5-6-21-10-13(17)9-18/h1-2,8,13H,3-7,9-10H2,(H,19,20)/t13-/m0/s1. The number of hydrogen-bond donors (Lipinski definition) is 1. The number of piperazine rings is 1. The average Bonchev–Trinajstić information content (AvgIpc) is 2.48. The van der Waals surface area contributed by atoms with Crippen LogP contribution in [0.15, 0.2) is 18.2 Å². The maximum absolute atomic E-state index is 14.0. The summed E-state index contributed by atoms with van der Waals surface area (Å²) in [7, 11) is 0. The molecule has 0 unspecified atom stereocenters. The number of aliphatic carboxylic acids is 1. The van der Waals surface area contributed by atoms with Gasteiger partial charge in [0.2, 0.25) is 0 Å². The van der Waals surface area contributed by atoms with E-state index in [1.807, 2.05) is 0 Å². The number of anilines is 1. The second-order valence-corrected chi connectivity index (χ2v) is 5.56. The molecule has 0 amide bonds. The van der Waals surface area contributed by atoms with Crippen molar-refractivity contribution < 1.29 is 19.0 Å². The minimum atomic E-state index is -1.02. The molecule has 1 atom stereocenters. The van der Waals surface area contributed by atoms with Crippen molar-refractivity contribution in [3.05, 3.63) is 29.6 Å². The van der Waals surface area contributed by atoms with Crippen molar-refractivity contribution in [2.75, 3.05) is 44.3 Å². The molecule has 0 bridgehead atoms. The molecule has 0 spiro atoms. The van der Waals surface area contributed by atoms with Crippen LogP contribution in [0.3, 0.4) is 0 Å². The molecule has 0 aromatic heterocycles. The first-order chi connectivity index (χ1) is 10.1. The highest BCUT2D eigenvalue weighted by molar-refractivity contribution is 5.70. The first-order valence-electron chi connectivity index (χ1n) is 7.20. The van der Waals surface area contributed by atoms with Gasteiger partial charge in [0.05, 0.1) is 25.7 Å². The second-order valence-electron chi connectivity index (χ2n) is 5.56. The molecule has 2 fully saturated rings. The highest BCUT2D eigenvalue weighted by atomic mass is 19.1. The fraction of sp³-hybridized carbons (Fsp3) is 0.533. The van der Waals surface area contributed by atoms with Crippen LogP contribution >= 0.6 is 0 Å². The van der Waals surface area contributed by atoms with Crippen LogP contribution in [0.2, 0.25) is 0 Å². The number of carboxylic acids is 1. The summed E-state index contributed by atoms with van der Waals surface area (Å²) in [5, 5.41) is 8.74. The molecule has 21 heavy (non-hydrogen) atoms. The van der Waals surface area contributed by atoms with Gasteiger partial charge in [0.25, 0.3) is 0 Å². The number of carbonyl (C=O) groups is 1. The number of morpholine rings is 1. The van der Waals surface area contributed by atoms with Crippen LogP contribution in [-0.4, -0.2) is 61.4 Å². The monoisotopic (exact) mass is 294 g/mol. The number of rotatable bonds is 3. The minimum absolute atomic E-state index is 0.228. The van der Waals surface area contributed by atoms with Crippen LogP contribution in [0.25, 0.3) is 0 Å². The molecule has 0 saturated carbocycles. The Morgan fingerprint density at radius 1 is 1.38 bits per heavy atom. The molecule has 5 nitrogen and oxygen atoms in total. The lowest BCUT2D eigenvalue weighted by Gasteiger charge is -2.44. The topological polar surface area (TPSA) is 53.0 Å². The van der Waals surface area contributed by atoms with E-state index in [-0.39, 0.29) is 12.0 Å². The molecule has 114 valence electrons. The number of hydrogen-bond acceptors (Lipinski definition) is 4. The number of halogens is 1. The summed E-state index contributed by atoms with van der Waals surface area (Å²) in [5.74, 6) is -1.47. The average molecular weight is 294 g/mol. The third kappa shape index (κ3) is 3.16. The second kappa shape index (κ2) is 5.99. The van der Waals surface area contributed by atoms with Crippen molar-refractivity contribution in [1.29, 1.82) is 0 Å². The van der Waals surface area contributed by atoms with Crippen LogP contribution < -0.4 is 4.90 Å². The first kappa shape index (κ1) is 14.3. The van der Waals surface area contributed by atoms with Gasteiger partial charge >= 0.3 is 5.97 Å². The van der Waals surface area contributed by atoms with Crippen molar-refractivity contribution in [2.24, 2.45) is 0 Å². The summed E-state index contributed by atoms with van der Waals surface area (Å²) in [6.07, 6.45) is -0.281. The molecule has 1 aromatic rings. The molecule has 0 aliphatic carbocycles. The van der Waals surface area contributed by atoms with Gasteiger partial charge < -0.3 is 14.7 Å². The molecule has 2 saturated heterocycles. The van der Waals surface area contributed by atoms with Crippen molar-refractivity contribution in [3.8, 4) is 0 Å². The van der Waals surface area contributed by atoms with E-state index in [4.69, 9.17) is 9.84 Å². The highest BCUT2D eigenvalue weighted by Gasteiger charge is 2.29. The smallest absolute Gasteiger partial charge is 0.307 e. The summed E-state index contributed by atoms with van der Waals surface area (Å²) in [4.78, 5) is 15.2. The lowest BCUT2D eigenvalue weighted by atomic mass is 10.1. The van der Waals surface area contributed by atoms with Crippen LogP contribution in [0.1, 0.15) is 5.56 Å². The Labute approximate surface area is 122 Å². The summed E-state index contributed by atoms with van der Waals surface area (Å²) < 4.78 is 19.5. The summed E-state index contributed by atoms with van der Waals surface area (Å²) >= 11 is 0. The predicted molar refractivity (Wildman–Crippen MR) is 76.1 cm³/mol. The van der Waals surface area contributed by atoms with E-state index >= 15 is 0 Å². The zero-order chi connectivity index (χ0) is 14.8. The van der Waals surface area contributed by atoms with Crippen molar-refractivity contribution >= 4 is 11.7 Å². The van der Waals surface area contributed by atoms with E-state index < -0.39 is 11.8 Å². The number of fused-ring (bicyclic) bond motifs is 1. The highest BCUT2D eigenvalue weighted by Crippen LogP contribution is 2.23. The summed E-state index contributed by atoms with van der Waals surface area (Å²) in [6, 6.07) is 5.18. The Balaban J connectivity index is 1.72. The van der Waals surface area contributed by atoms with Gasteiger partial charge in [-0.15, -0.1) is 0 Å². The zero-order valence-electron chi connectivity index (χ0n) is 11.8. The van der Waals surface area contributed by atoms with E-state index in [0.717, 1.165) is 45.1 Å². The van der Waals surface area contributed by atoms with E-state index in [9.17, 15) is 9.18 Å². The largest absolute Gasteiger partial charge is 0.481 e. The minimum Gasteiger partial charge on any atom is -0.481 e. The number of nitrogens with zero attached hydrogens (tertiary/aromatic N) is 2. The zero-order valence-corrected chi connectivity index (χ0v) is 11.8. The lowest BCUT2D eigenvalue weighted by molar-refractivity contribution is -0.136. The molecule has 0 radical (unpaired) electrons. The third-order valence-corrected chi connectivity index (χ3v) is 4.18. The Morgan fingerprint density at radius 2 is 2.24 bits per heavy atom. The fourth-order valence-corrected chi connectivity index (χ4v) is 3.02. The van der Waals surface area contributed by atoms with Gasteiger partial charge in [-0.25, -0.2) is 4.39 Å². The van der Waals surface area contributed by atoms with Gasteiger partial charge in [0.15, 0.2) is 0 Å². The first-order valence-corrected chi connectivity index (χ1v) is 7.20. The molecule has 2 aliphatic rings. The van der Waals surface area contributed by atoms with Crippen molar-refractivity contribution in [2.45, 2.75) is 12.5 Å². The van der Waals surface area contributed by atoms with Gasteiger partial charge in [-0.3, -0.25) is 9.69 Å². The molecule has 6 heteroatoms. The normalized spacial score (nSPS) is 22.9. The van der Waals surface area contributed by atoms with Crippen LogP contribution in [0.5, 0.6) is 0 Å². The van der Waals surface area contributed by atoms with E-state index in [2.05, 4.69) is 9.80 Å². The summed E-state index contributed by atoms with van der Waals surface area (Å²) in [5.41, 5.74) is 1.04. The maximum atomic E-state index is 14.0. The number of carboxylic acid groups (broad SMARTS) is 1. The summed E-state index contributed by atoms with van der Waals surface area (Å²) in [6.45, 7) is 5.09. The molecule has 1 aromatic carbocycles. The van der Waals surface area contributed by atoms with E-state index in [1.54, 1.807) is 12.1 Å². The van der Waals surface area contributed by atoms with Crippen LogP contribution in [-0.2, 0) is 16.0 Å². The Bertz CT molecular complexity index is 538. The molecular weight excluding hydrogens is 275 g/mol. The van der Waals surface area contributed by atoms with Gasteiger partial charge in [-0.05, 0) is 17.7 Å². The van der Waals surface area contributed by atoms with E-state index in [0.29, 0.717) is 6.04 Å². The van der Waals surface area contributed by atoms with Gasteiger partial charge in [0.1, 0.15) is 5.82 Å². The SMILES string of the molecule is O=C(O)Cc1ccc(N2CCN3CCOC[C@@H]3C2)cc1F. The number of benzene rings is 1. The molecule has 2 heterocycles. The molecule has 3 rings (SSSR count). The van der Waals surface area contributed by atoms with Crippen LogP contribution in [0.4, 0.5) is 10.1 Å².